The normalized spacial score (nSPS) is 38.6. The van der Waals surface area contributed by atoms with E-state index < -0.39 is 6.17 Å². The molecule has 0 aliphatic carbocycles. The minimum atomic E-state index is -0.861. The molecule has 9 heteroatoms. The third-order valence-corrected chi connectivity index (χ3v) is 6.70. The fourth-order valence-corrected chi connectivity index (χ4v) is 4.94. The summed E-state index contributed by atoms with van der Waals surface area (Å²) in [7, 11) is 0. The SMILES string of the molecule is CCC(=O)N1CCC(C2NOC(C3CC(N4CCOCC4)C(F)CN3)N2)CC1. The Morgan fingerprint density at radius 2 is 1.93 bits per heavy atom. The van der Waals surface area contributed by atoms with E-state index in [4.69, 9.17) is 9.57 Å². The van der Waals surface area contributed by atoms with Crippen LogP contribution in [-0.2, 0) is 14.4 Å². The Morgan fingerprint density at radius 3 is 2.64 bits per heavy atom. The van der Waals surface area contributed by atoms with Crippen LogP contribution in [0.2, 0.25) is 0 Å². The average Bonchev–Trinajstić information content (AvgIpc) is 3.24. The molecule has 0 spiro atoms. The van der Waals surface area contributed by atoms with E-state index in [0.717, 1.165) is 45.4 Å². The van der Waals surface area contributed by atoms with Gasteiger partial charge in [-0.1, -0.05) is 6.92 Å². The van der Waals surface area contributed by atoms with E-state index in [1.165, 1.54) is 0 Å². The van der Waals surface area contributed by atoms with E-state index in [1.54, 1.807) is 0 Å². The van der Waals surface area contributed by atoms with Crippen LogP contribution < -0.4 is 16.1 Å². The number of ether oxygens (including phenoxy) is 1. The number of nitrogens with zero attached hydrogens (tertiary/aromatic N) is 2. The van der Waals surface area contributed by atoms with E-state index in [-0.39, 0.29) is 30.4 Å². The third-order valence-electron chi connectivity index (χ3n) is 6.70. The highest BCUT2D eigenvalue weighted by Crippen LogP contribution is 2.26. The molecule has 4 saturated heterocycles. The molecule has 0 radical (unpaired) electrons. The smallest absolute Gasteiger partial charge is 0.222 e. The van der Waals surface area contributed by atoms with Crippen molar-refractivity contribution in [3.63, 3.8) is 0 Å². The molecule has 5 atom stereocenters. The first-order valence-electron chi connectivity index (χ1n) is 10.8. The highest BCUT2D eigenvalue weighted by molar-refractivity contribution is 5.75. The van der Waals surface area contributed by atoms with Crippen LogP contribution in [-0.4, -0.2) is 92.3 Å². The molecular weight excluding hydrogens is 365 g/mol. The third kappa shape index (κ3) is 4.49. The summed E-state index contributed by atoms with van der Waals surface area (Å²) in [6, 6.07) is -0.0120. The highest BCUT2D eigenvalue weighted by Gasteiger charge is 2.42. The van der Waals surface area contributed by atoms with Crippen LogP contribution in [0, 0.1) is 5.92 Å². The molecule has 28 heavy (non-hydrogen) atoms. The van der Waals surface area contributed by atoms with E-state index in [9.17, 15) is 9.18 Å². The molecule has 3 N–H and O–H groups in total. The monoisotopic (exact) mass is 399 g/mol. The number of morpholine rings is 1. The van der Waals surface area contributed by atoms with E-state index in [0.29, 0.717) is 32.1 Å². The lowest BCUT2D eigenvalue weighted by Crippen LogP contribution is -2.61. The molecule has 1 amide bonds. The fourth-order valence-electron chi connectivity index (χ4n) is 4.94. The van der Waals surface area contributed by atoms with E-state index in [2.05, 4.69) is 21.0 Å². The number of likely N-dealkylation sites (tertiary alicyclic amines) is 1. The Hall–Kier alpha value is -0.840. The van der Waals surface area contributed by atoms with Gasteiger partial charge in [0.15, 0.2) is 0 Å². The van der Waals surface area contributed by atoms with Crippen molar-refractivity contribution in [2.24, 2.45) is 5.92 Å². The van der Waals surface area contributed by atoms with Crippen molar-refractivity contribution in [3.8, 4) is 0 Å². The first kappa shape index (κ1) is 20.4. The van der Waals surface area contributed by atoms with Crippen molar-refractivity contribution in [3.05, 3.63) is 0 Å². The minimum Gasteiger partial charge on any atom is -0.379 e. The number of hydrogen-bond acceptors (Lipinski definition) is 7. The van der Waals surface area contributed by atoms with Gasteiger partial charge in [-0.15, -0.1) is 0 Å². The van der Waals surface area contributed by atoms with Gasteiger partial charge in [-0.25, -0.2) is 4.39 Å². The number of halogens is 1. The van der Waals surface area contributed by atoms with E-state index in [1.807, 2.05) is 11.8 Å². The standard InChI is InChI=1S/C19H34FN5O3/c1-2-17(26)25-5-3-13(4-6-25)18-22-19(28-23-18)15-11-16(14(20)12-21-15)24-7-9-27-10-8-24/h13-16,18-19,21-23H,2-12H2,1H3. The molecular formula is C19H34FN5O3. The van der Waals surface area contributed by atoms with Gasteiger partial charge in [0.1, 0.15) is 12.4 Å². The summed E-state index contributed by atoms with van der Waals surface area (Å²) < 4.78 is 19.9. The number of alkyl halides is 1. The number of nitrogens with one attached hydrogen (secondary N) is 3. The molecule has 8 nitrogen and oxygen atoms in total. The van der Waals surface area contributed by atoms with Gasteiger partial charge in [-0.05, 0) is 25.2 Å². The molecule has 0 aromatic rings. The summed E-state index contributed by atoms with van der Waals surface area (Å²) in [6.45, 7) is 6.86. The van der Waals surface area contributed by atoms with Gasteiger partial charge < -0.3 is 15.0 Å². The molecule has 0 bridgehead atoms. The Bertz CT molecular complexity index is 528. The lowest BCUT2D eigenvalue weighted by molar-refractivity contribution is -0.132. The Morgan fingerprint density at radius 1 is 1.18 bits per heavy atom. The van der Waals surface area contributed by atoms with Crippen molar-refractivity contribution in [1.29, 1.82) is 0 Å². The van der Waals surface area contributed by atoms with Gasteiger partial charge >= 0.3 is 0 Å². The number of hydrogen-bond donors (Lipinski definition) is 3. The predicted molar refractivity (Wildman–Crippen MR) is 102 cm³/mol. The van der Waals surface area contributed by atoms with Crippen molar-refractivity contribution in [1.82, 2.24) is 25.9 Å². The summed E-state index contributed by atoms with van der Waals surface area (Å²) in [4.78, 5) is 21.9. The summed E-state index contributed by atoms with van der Waals surface area (Å²) >= 11 is 0. The molecule has 0 saturated carbocycles. The molecule has 160 valence electrons. The van der Waals surface area contributed by atoms with Crippen molar-refractivity contribution >= 4 is 5.91 Å². The molecule has 0 aromatic heterocycles. The molecule has 0 aromatic carbocycles. The zero-order chi connectivity index (χ0) is 19.5. The van der Waals surface area contributed by atoms with Crippen molar-refractivity contribution < 1.29 is 18.8 Å². The summed E-state index contributed by atoms with van der Waals surface area (Å²) in [5.41, 5.74) is 3.16. The maximum Gasteiger partial charge on any atom is 0.222 e. The number of amides is 1. The van der Waals surface area contributed by atoms with Crippen LogP contribution in [0.4, 0.5) is 4.39 Å². The zero-order valence-corrected chi connectivity index (χ0v) is 16.7. The first-order chi connectivity index (χ1) is 13.7. The number of carbonyl (C=O) groups excluding carboxylic acids is 1. The van der Waals surface area contributed by atoms with Crippen LogP contribution in [0.5, 0.6) is 0 Å². The summed E-state index contributed by atoms with van der Waals surface area (Å²) in [5, 5.41) is 6.88. The van der Waals surface area contributed by atoms with Crippen LogP contribution in [0.1, 0.15) is 32.6 Å². The summed E-state index contributed by atoms with van der Waals surface area (Å²) in [6.07, 6.45) is 2.27. The second-order valence-corrected chi connectivity index (χ2v) is 8.35. The quantitative estimate of drug-likeness (QED) is 0.605. The number of carbonyl (C=O) groups is 1. The fraction of sp³-hybridized carbons (Fsp3) is 0.947. The van der Waals surface area contributed by atoms with Crippen LogP contribution >= 0.6 is 0 Å². The predicted octanol–water partition coefficient (Wildman–Crippen LogP) is -0.188. The maximum atomic E-state index is 14.5. The maximum absolute atomic E-state index is 14.5. The van der Waals surface area contributed by atoms with Gasteiger partial charge in [0.25, 0.3) is 0 Å². The van der Waals surface area contributed by atoms with Crippen molar-refractivity contribution in [2.45, 2.75) is 63.3 Å². The first-order valence-corrected chi connectivity index (χ1v) is 10.8. The molecule has 5 unspecified atom stereocenters. The largest absolute Gasteiger partial charge is 0.379 e. The number of hydroxylamine groups is 1. The Labute approximate surface area is 166 Å². The van der Waals surface area contributed by atoms with Crippen LogP contribution in [0.15, 0.2) is 0 Å². The van der Waals surface area contributed by atoms with Gasteiger partial charge in [-0.3, -0.25) is 19.8 Å². The molecule has 4 heterocycles. The van der Waals surface area contributed by atoms with Crippen LogP contribution in [0.25, 0.3) is 0 Å². The lowest BCUT2D eigenvalue weighted by atomic mass is 9.92. The summed E-state index contributed by atoms with van der Waals surface area (Å²) in [5.74, 6) is 0.666. The number of rotatable bonds is 4. The van der Waals surface area contributed by atoms with Crippen LogP contribution in [0.3, 0.4) is 0 Å². The van der Waals surface area contributed by atoms with E-state index >= 15 is 0 Å². The topological polar surface area (TPSA) is 78.1 Å². The molecule has 4 aliphatic heterocycles. The molecule has 4 fully saturated rings. The van der Waals surface area contributed by atoms with Gasteiger partial charge in [0.2, 0.25) is 5.91 Å². The number of piperidine rings is 2. The Balaban J connectivity index is 1.27. The average molecular weight is 400 g/mol. The van der Waals surface area contributed by atoms with Crippen molar-refractivity contribution in [2.75, 3.05) is 45.9 Å². The van der Waals surface area contributed by atoms with Gasteiger partial charge in [0.05, 0.1) is 25.4 Å². The minimum absolute atomic E-state index is 0.0686. The molecule has 4 rings (SSSR count). The zero-order valence-electron chi connectivity index (χ0n) is 16.7. The second kappa shape index (κ2) is 9.32. The van der Waals surface area contributed by atoms with Gasteiger partial charge in [0, 0.05) is 45.2 Å². The second-order valence-electron chi connectivity index (χ2n) is 8.35. The van der Waals surface area contributed by atoms with Gasteiger partial charge in [-0.2, -0.15) is 5.48 Å². The lowest BCUT2D eigenvalue weighted by Gasteiger charge is -2.42. The highest BCUT2D eigenvalue weighted by atomic mass is 19.1. The Kier molecular flexibility index (Phi) is 6.80. The molecule has 4 aliphatic rings.